The zero-order valence-corrected chi connectivity index (χ0v) is 30.7. The van der Waals surface area contributed by atoms with E-state index in [0.29, 0.717) is 6.61 Å². The standard InChI is InChI=1S/C35H53BrO3Si2/c1-28-24-35(36,27-37)34(8,22-17-23-38-40(9,10)32(2,3)4)25-29(28)26-39-41(33(5,6)7,30-18-13-11-14-19-30)31-20-15-12-16-21-31/h11-16,18-21,25,27-28H,17,22-24,26H2,1-10H3/t28-,34+,35+/m0/s1. The van der Waals surface area contributed by atoms with Crippen molar-refractivity contribution < 1.29 is 13.6 Å². The molecule has 0 unspecified atom stereocenters. The number of rotatable bonds is 11. The Morgan fingerprint density at radius 1 is 0.902 bits per heavy atom. The van der Waals surface area contributed by atoms with Gasteiger partial charge in [0.2, 0.25) is 0 Å². The molecule has 3 rings (SSSR count). The Kier molecular flexibility index (Phi) is 10.6. The van der Waals surface area contributed by atoms with Gasteiger partial charge in [-0.1, -0.05) is 138 Å². The number of hydrogen-bond acceptors (Lipinski definition) is 3. The summed E-state index contributed by atoms with van der Waals surface area (Å²) in [6, 6.07) is 21.6. The smallest absolute Gasteiger partial charge is 0.261 e. The van der Waals surface area contributed by atoms with Crippen LogP contribution in [0.1, 0.15) is 74.7 Å². The highest BCUT2D eigenvalue weighted by Gasteiger charge is 2.52. The number of alkyl halides is 1. The second kappa shape index (κ2) is 12.7. The van der Waals surface area contributed by atoms with Gasteiger partial charge < -0.3 is 13.6 Å². The summed E-state index contributed by atoms with van der Waals surface area (Å²) in [5, 5.41) is 2.68. The maximum Gasteiger partial charge on any atom is 0.261 e. The highest BCUT2D eigenvalue weighted by Crippen LogP contribution is 2.52. The van der Waals surface area contributed by atoms with E-state index < -0.39 is 21.0 Å². The minimum Gasteiger partial charge on any atom is -0.417 e. The lowest BCUT2D eigenvalue weighted by Gasteiger charge is -2.47. The topological polar surface area (TPSA) is 35.5 Å². The van der Waals surface area contributed by atoms with Gasteiger partial charge in [-0.2, -0.15) is 0 Å². The summed E-state index contributed by atoms with van der Waals surface area (Å²) in [5.74, 6) is 0.231. The molecule has 0 aromatic heterocycles. The van der Waals surface area contributed by atoms with Crippen molar-refractivity contribution in [3.8, 4) is 0 Å². The fraction of sp³-hybridized carbons (Fsp3) is 0.571. The van der Waals surface area contributed by atoms with Crippen molar-refractivity contribution in [3.63, 3.8) is 0 Å². The molecule has 0 radical (unpaired) electrons. The Hall–Kier alpha value is -1.32. The number of carbonyl (C=O) groups excluding carboxylic acids is 1. The van der Waals surface area contributed by atoms with E-state index in [1.165, 1.54) is 15.9 Å². The summed E-state index contributed by atoms with van der Waals surface area (Å²) in [4.78, 5) is 12.6. The van der Waals surface area contributed by atoms with E-state index >= 15 is 0 Å². The second-order valence-electron chi connectivity index (χ2n) is 14.9. The third-order valence-corrected chi connectivity index (χ3v) is 20.8. The van der Waals surface area contributed by atoms with Crippen LogP contribution in [-0.4, -0.2) is 40.5 Å². The van der Waals surface area contributed by atoms with Crippen LogP contribution < -0.4 is 10.4 Å². The summed E-state index contributed by atoms with van der Waals surface area (Å²) in [5.41, 5.74) is 0.963. The number of hydrogen-bond donors (Lipinski definition) is 0. The van der Waals surface area contributed by atoms with Gasteiger partial charge in [0.25, 0.3) is 8.32 Å². The largest absolute Gasteiger partial charge is 0.417 e. The van der Waals surface area contributed by atoms with Crippen LogP contribution in [0, 0.1) is 11.3 Å². The molecule has 0 spiro atoms. The molecule has 1 aliphatic rings. The lowest BCUT2D eigenvalue weighted by Crippen LogP contribution is -2.66. The maximum absolute atomic E-state index is 12.6. The van der Waals surface area contributed by atoms with Crippen molar-refractivity contribution in [1.29, 1.82) is 0 Å². The molecule has 0 amide bonds. The fourth-order valence-electron chi connectivity index (χ4n) is 6.06. The quantitative estimate of drug-likeness (QED) is 0.0798. The first-order chi connectivity index (χ1) is 18.9. The van der Waals surface area contributed by atoms with E-state index in [2.05, 4.69) is 151 Å². The molecular formula is C35H53BrO3Si2. The van der Waals surface area contributed by atoms with Gasteiger partial charge in [0.1, 0.15) is 6.29 Å². The van der Waals surface area contributed by atoms with E-state index in [4.69, 9.17) is 8.85 Å². The number of benzene rings is 2. The molecule has 41 heavy (non-hydrogen) atoms. The molecule has 3 nitrogen and oxygen atoms in total. The number of carbonyl (C=O) groups is 1. The molecule has 3 atom stereocenters. The van der Waals surface area contributed by atoms with E-state index in [9.17, 15) is 4.79 Å². The monoisotopic (exact) mass is 656 g/mol. The molecule has 0 fully saturated rings. The predicted molar refractivity (Wildman–Crippen MR) is 184 cm³/mol. The van der Waals surface area contributed by atoms with Crippen LogP contribution in [0.5, 0.6) is 0 Å². The van der Waals surface area contributed by atoms with Gasteiger partial charge in [-0.25, -0.2) is 0 Å². The lowest BCUT2D eigenvalue weighted by molar-refractivity contribution is -0.112. The van der Waals surface area contributed by atoms with Crippen molar-refractivity contribution >= 4 is 49.2 Å². The molecule has 0 N–H and O–H groups in total. The molecule has 0 bridgehead atoms. The van der Waals surface area contributed by atoms with Crippen LogP contribution in [0.15, 0.2) is 72.3 Å². The zero-order valence-electron chi connectivity index (χ0n) is 27.1. The average Bonchev–Trinajstić information content (AvgIpc) is 2.90. The molecule has 0 heterocycles. The molecule has 0 aliphatic heterocycles. The van der Waals surface area contributed by atoms with Crippen molar-refractivity contribution in [3.05, 3.63) is 72.3 Å². The van der Waals surface area contributed by atoms with Gasteiger partial charge >= 0.3 is 0 Å². The van der Waals surface area contributed by atoms with Crippen LogP contribution in [0.25, 0.3) is 0 Å². The second-order valence-corrected chi connectivity index (χ2v) is 25.4. The summed E-state index contributed by atoms with van der Waals surface area (Å²) < 4.78 is 13.2. The molecule has 226 valence electrons. The van der Waals surface area contributed by atoms with Crippen LogP contribution in [-0.2, 0) is 13.6 Å². The first-order valence-electron chi connectivity index (χ1n) is 15.2. The third-order valence-electron chi connectivity index (χ3n) is 9.86. The average molecular weight is 658 g/mol. The Morgan fingerprint density at radius 3 is 1.85 bits per heavy atom. The van der Waals surface area contributed by atoms with Gasteiger partial charge in [0.05, 0.1) is 10.9 Å². The van der Waals surface area contributed by atoms with Crippen molar-refractivity contribution in [2.45, 2.75) is 102 Å². The van der Waals surface area contributed by atoms with Crippen molar-refractivity contribution in [2.24, 2.45) is 11.3 Å². The minimum absolute atomic E-state index is 0.0828. The zero-order chi connectivity index (χ0) is 30.7. The molecule has 6 heteroatoms. The first kappa shape index (κ1) is 34.2. The van der Waals surface area contributed by atoms with Gasteiger partial charge in [-0.3, -0.25) is 0 Å². The highest BCUT2D eigenvalue weighted by molar-refractivity contribution is 9.10. The van der Waals surface area contributed by atoms with E-state index in [-0.39, 0.29) is 21.4 Å². The fourth-order valence-corrected chi connectivity index (χ4v) is 12.5. The summed E-state index contributed by atoms with van der Waals surface area (Å²) in [6.45, 7) is 24.2. The van der Waals surface area contributed by atoms with Gasteiger partial charge in [0.15, 0.2) is 8.32 Å². The van der Waals surface area contributed by atoms with Crippen molar-refractivity contribution in [2.75, 3.05) is 13.2 Å². The molecule has 1 aliphatic carbocycles. The molecule has 2 aromatic rings. The maximum atomic E-state index is 12.6. The number of aldehydes is 1. The number of halogens is 1. The van der Waals surface area contributed by atoms with Gasteiger partial charge in [-0.15, -0.1) is 0 Å². The Bertz CT molecular complexity index is 1140. The summed E-state index contributed by atoms with van der Waals surface area (Å²) in [7, 11) is -4.47. The van der Waals surface area contributed by atoms with Gasteiger partial charge in [-0.05, 0) is 64.3 Å². The number of allylic oxidation sites excluding steroid dienone is 1. The van der Waals surface area contributed by atoms with E-state index in [1.807, 2.05) is 0 Å². The molecule has 0 saturated carbocycles. The lowest BCUT2D eigenvalue weighted by atomic mass is 9.65. The normalized spacial score (nSPS) is 24.2. The van der Waals surface area contributed by atoms with Gasteiger partial charge in [0, 0.05) is 12.0 Å². The Morgan fingerprint density at radius 2 is 1.41 bits per heavy atom. The summed E-state index contributed by atoms with van der Waals surface area (Å²) in [6.07, 6.45) is 6.05. The van der Waals surface area contributed by atoms with Crippen LogP contribution in [0.3, 0.4) is 0 Å². The van der Waals surface area contributed by atoms with Crippen LogP contribution in [0.2, 0.25) is 23.2 Å². The van der Waals surface area contributed by atoms with Crippen LogP contribution >= 0.6 is 15.9 Å². The molecular weight excluding hydrogens is 604 g/mol. The first-order valence-corrected chi connectivity index (χ1v) is 20.8. The van der Waals surface area contributed by atoms with Crippen molar-refractivity contribution in [1.82, 2.24) is 0 Å². The molecule has 2 aromatic carbocycles. The predicted octanol–water partition coefficient (Wildman–Crippen LogP) is 8.67. The minimum atomic E-state index is -2.66. The van der Waals surface area contributed by atoms with E-state index in [1.54, 1.807) is 0 Å². The summed E-state index contributed by atoms with van der Waals surface area (Å²) >= 11 is 3.93. The Balaban J connectivity index is 1.95. The highest BCUT2D eigenvalue weighted by atomic mass is 79.9. The Labute approximate surface area is 260 Å². The third kappa shape index (κ3) is 7.09. The molecule has 0 saturated heterocycles. The SMILES string of the molecule is C[C@H]1C[C@@](Br)(C=O)[C@](C)(CCCO[Si](C)(C)C(C)(C)C)C=C1CO[Si](c1ccccc1)(c1ccccc1)C(C)(C)C. The van der Waals surface area contributed by atoms with E-state index in [0.717, 1.165) is 32.2 Å². The van der Waals surface area contributed by atoms with Crippen LogP contribution in [0.4, 0.5) is 0 Å².